The predicted octanol–water partition coefficient (Wildman–Crippen LogP) is 1.99. The number of carboxylic acids is 1. The zero-order valence-corrected chi connectivity index (χ0v) is 9.85. The quantitative estimate of drug-likeness (QED) is 0.653. The first-order valence-corrected chi connectivity index (χ1v) is 5.84. The second-order valence-electron chi connectivity index (χ2n) is 4.15. The summed E-state index contributed by atoms with van der Waals surface area (Å²) in [6.45, 7) is 0.525. The van der Waals surface area contributed by atoms with Gasteiger partial charge in [-0.25, -0.2) is 0 Å². The number of aliphatic carboxylic acids is 1. The fourth-order valence-electron chi connectivity index (χ4n) is 1.80. The molecule has 1 aliphatic heterocycles. The highest BCUT2D eigenvalue weighted by Gasteiger charge is 2.14. The van der Waals surface area contributed by atoms with E-state index in [9.17, 15) is 9.59 Å². The Morgan fingerprint density at radius 3 is 2.89 bits per heavy atom. The number of carbonyl (C=O) groups excluding carboxylic acids is 1. The normalized spacial score (nSPS) is 14.2. The van der Waals surface area contributed by atoms with Gasteiger partial charge in [0.25, 0.3) is 0 Å². The van der Waals surface area contributed by atoms with Gasteiger partial charge in [-0.3, -0.25) is 9.59 Å². The van der Waals surface area contributed by atoms with Crippen LogP contribution in [0.2, 0.25) is 0 Å². The first kappa shape index (κ1) is 12.6. The maximum Gasteiger partial charge on any atom is 0.303 e. The molecule has 1 aromatic carbocycles. The standard InChI is InChI=1S/C13H14O5/c14-11(5-6-13(15)16)10-4-3-9-2-1-7-17-18-12(9)8-10/h3-4,8H,1-2,5-7H2,(H,15,16). The van der Waals surface area contributed by atoms with Crippen molar-refractivity contribution in [2.45, 2.75) is 25.7 Å². The van der Waals surface area contributed by atoms with Gasteiger partial charge >= 0.3 is 5.97 Å². The van der Waals surface area contributed by atoms with Gasteiger partial charge in [-0.05, 0) is 24.5 Å². The second kappa shape index (κ2) is 5.64. The number of hydrogen-bond acceptors (Lipinski definition) is 4. The molecule has 0 unspecified atom stereocenters. The largest absolute Gasteiger partial charge is 0.481 e. The Hall–Kier alpha value is -1.88. The van der Waals surface area contributed by atoms with E-state index in [2.05, 4.69) is 0 Å². The van der Waals surface area contributed by atoms with Crippen molar-refractivity contribution < 1.29 is 24.5 Å². The molecule has 0 atom stereocenters. The molecule has 5 heteroatoms. The molecule has 0 aliphatic carbocycles. The molecule has 0 amide bonds. The lowest BCUT2D eigenvalue weighted by molar-refractivity contribution is -0.203. The molecular weight excluding hydrogens is 236 g/mol. The summed E-state index contributed by atoms with van der Waals surface area (Å²) in [6, 6.07) is 5.15. The minimum absolute atomic E-state index is 0.00498. The Balaban J connectivity index is 2.12. The third-order valence-electron chi connectivity index (χ3n) is 2.78. The summed E-state index contributed by atoms with van der Waals surface area (Å²) in [5, 5.41) is 8.54. The maximum absolute atomic E-state index is 11.8. The molecule has 2 rings (SSSR count). The summed E-state index contributed by atoms with van der Waals surface area (Å²) in [6.07, 6.45) is 1.56. The van der Waals surface area contributed by atoms with E-state index in [1.165, 1.54) is 0 Å². The summed E-state index contributed by atoms with van der Waals surface area (Å²) in [4.78, 5) is 32.2. The number of hydrogen-bond donors (Lipinski definition) is 1. The number of aryl methyl sites for hydroxylation is 1. The molecule has 1 heterocycles. The summed E-state index contributed by atoms with van der Waals surface area (Å²) in [5.74, 6) is -0.626. The summed E-state index contributed by atoms with van der Waals surface area (Å²) < 4.78 is 0. The van der Waals surface area contributed by atoms with Gasteiger partial charge in [-0.2, -0.15) is 4.89 Å². The average Bonchev–Trinajstić information content (AvgIpc) is 2.60. The van der Waals surface area contributed by atoms with Crippen molar-refractivity contribution in [1.82, 2.24) is 0 Å². The van der Waals surface area contributed by atoms with Gasteiger partial charge in [0.05, 0.1) is 13.0 Å². The average molecular weight is 250 g/mol. The molecule has 1 aromatic rings. The van der Waals surface area contributed by atoms with Crippen LogP contribution in [-0.2, 0) is 16.1 Å². The van der Waals surface area contributed by atoms with Crippen molar-refractivity contribution in [1.29, 1.82) is 0 Å². The molecule has 96 valence electrons. The molecule has 0 aromatic heterocycles. The predicted molar refractivity (Wildman–Crippen MR) is 62.5 cm³/mol. The highest BCUT2D eigenvalue weighted by molar-refractivity contribution is 5.97. The molecule has 0 fully saturated rings. The van der Waals surface area contributed by atoms with Crippen molar-refractivity contribution >= 4 is 11.8 Å². The second-order valence-corrected chi connectivity index (χ2v) is 4.15. The van der Waals surface area contributed by atoms with E-state index in [1.807, 2.05) is 6.07 Å². The fourth-order valence-corrected chi connectivity index (χ4v) is 1.80. The highest BCUT2D eigenvalue weighted by Crippen LogP contribution is 2.25. The Bertz CT molecular complexity index is 466. The van der Waals surface area contributed by atoms with E-state index < -0.39 is 5.97 Å². The lowest BCUT2D eigenvalue weighted by Gasteiger charge is -2.06. The number of fused-ring (bicyclic) bond motifs is 1. The lowest BCUT2D eigenvalue weighted by atomic mass is 10.0. The summed E-state index contributed by atoms with van der Waals surface area (Å²) >= 11 is 0. The molecule has 0 spiro atoms. The van der Waals surface area contributed by atoms with E-state index >= 15 is 0 Å². The zero-order chi connectivity index (χ0) is 13.0. The van der Waals surface area contributed by atoms with Crippen molar-refractivity contribution in [2.75, 3.05) is 6.61 Å². The molecule has 0 bridgehead atoms. The zero-order valence-electron chi connectivity index (χ0n) is 9.85. The molecule has 18 heavy (non-hydrogen) atoms. The van der Waals surface area contributed by atoms with Gasteiger partial charge in [0, 0.05) is 12.0 Å². The Kier molecular flexibility index (Phi) is 3.94. The van der Waals surface area contributed by atoms with Crippen LogP contribution in [0.4, 0.5) is 0 Å². The van der Waals surface area contributed by atoms with Gasteiger partial charge in [0.2, 0.25) is 0 Å². The molecule has 0 radical (unpaired) electrons. The summed E-state index contributed by atoms with van der Waals surface area (Å²) in [7, 11) is 0. The molecule has 1 N–H and O–H groups in total. The molecule has 5 nitrogen and oxygen atoms in total. The smallest absolute Gasteiger partial charge is 0.303 e. The number of carbonyl (C=O) groups is 2. The van der Waals surface area contributed by atoms with Crippen LogP contribution in [0.15, 0.2) is 18.2 Å². The maximum atomic E-state index is 11.8. The van der Waals surface area contributed by atoms with Gasteiger partial charge in [-0.15, -0.1) is 0 Å². The van der Waals surface area contributed by atoms with Crippen LogP contribution in [0, 0.1) is 0 Å². The van der Waals surface area contributed by atoms with Gasteiger partial charge in [0.1, 0.15) is 0 Å². The van der Waals surface area contributed by atoms with E-state index in [0.717, 1.165) is 18.4 Å². The minimum atomic E-state index is -0.974. The number of ketones is 1. The molecular formula is C13H14O5. The van der Waals surface area contributed by atoms with Crippen LogP contribution in [0.3, 0.4) is 0 Å². The van der Waals surface area contributed by atoms with Crippen LogP contribution >= 0.6 is 0 Å². The van der Waals surface area contributed by atoms with Crippen molar-refractivity contribution in [2.24, 2.45) is 0 Å². The van der Waals surface area contributed by atoms with Crippen molar-refractivity contribution in [3.8, 4) is 5.75 Å². The van der Waals surface area contributed by atoms with E-state index in [0.29, 0.717) is 17.9 Å². The summed E-state index contributed by atoms with van der Waals surface area (Å²) in [5.41, 5.74) is 1.46. The monoisotopic (exact) mass is 250 g/mol. The fraction of sp³-hybridized carbons (Fsp3) is 0.385. The molecule has 0 saturated carbocycles. The first-order chi connectivity index (χ1) is 8.66. The Morgan fingerprint density at radius 2 is 2.11 bits per heavy atom. The van der Waals surface area contributed by atoms with Crippen LogP contribution < -0.4 is 4.89 Å². The number of Topliss-reactive ketones (excluding diaryl/α,β-unsaturated/α-hetero) is 1. The van der Waals surface area contributed by atoms with Crippen LogP contribution in [0.1, 0.15) is 35.2 Å². The van der Waals surface area contributed by atoms with E-state index in [4.69, 9.17) is 14.9 Å². The number of carboxylic acid groups (broad SMARTS) is 1. The topological polar surface area (TPSA) is 72.8 Å². The molecule has 1 aliphatic rings. The van der Waals surface area contributed by atoms with E-state index in [1.54, 1.807) is 12.1 Å². The highest BCUT2D eigenvalue weighted by atomic mass is 17.2. The van der Waals surface area contributed by atoms with Crippen molar-refractivity contribution in [3.05, 3.63) is 29.3 Å². The lowest BCUT2D eigenvalue weighted by Crippen LogP contribution is -2.04. The van der Waals surface area contributed by atoms with Crippen LogP contribution in [0.5, 0.6) is 5.75 Å². The van der Waals surface area contributed by atoms with E-state index in [-0.39, 0.29) is 18.6 Å². The molecule has 0 saturated heterocycles. The third kappa shape index (κ3) is 3.07. The van der Waals surface area contributed by atoms with Gasteiger partial charge in [0.15, 0.2) is 11.5 Å². The minimum Gasteiger partial charge on any atom is -0.481 e. The van der Waals surface area contributed by atoms with Crippen molar-refractivity contribution in [3.63, 3.8) is 0 Å². The third-order valence-corrected chi connectivity index (χ3v) is 2.78. The van der Waals surface area contributed by atoms with Gasteiger partial charge in [-0.1, -0.05) is 12.1 Å². The number of benzene rings is 1. The Labute approximate surface area is 104 Å². The number of rotatable bonds is 4. The SMILES string of the molecule is O=C(O)CCC(=O)c1ccc2c(c1)OOCCC2. The first-order valence-electron chi connectivity index (χ1n) is 5.84. The van der Waals surface area contributed by atoms with Crippen LogP contribution in [0.25, 0.3) is 0 Å². The van der Waals surface area contributed by atoms with Gasteiger partial charge < -0.3 is 9.99 Å². The Morgan fingerprint density at radius 1 is 1.28 bits per heavy atom. The van der Waals surface area contributed by atoms with Crippen LogP contribution in [-0.4, -0.2) is 23.5 Å².